The van der Waals surface area contributed by atoms with Crippen LogP contribution in [0.25, 0.3) is 0 Å². The summed E-state index contributed by atoms with van der Waals surface area (Å²) >= 11 is 0. The Bertz CT molecular complexity index is 2590. The predicted molar refractivity (Wildman–Crippen MR) is 287 cm³/mol. The highest BCUT2D eigenvalue weighted by atomic mass is 19.1. The van der Waals surface area contributed by atoms with E-state index in [0.29, 0.717) is 29.4 Å². The molecule has 20 heteroatoms. The third-order valence-electron chi connectivity index (χ3n) is 16.2. The molecule has 0 aliphatic carbocycles. The average molecular weight is 1080 g/mol. The summed E-state index contributed by atoms with van der Waals surface area (Å²) in [5, 5.41) is 8.29. The van der Waals surface area contributed by atoms with Crippen molar-refractivity contribution in [2.24, 2.45) is 23.7 Å². The highest BCUT2D eigenvalue weighted by molar-refractivity contribution is 6.24. The number of imide groups is 3. The van der Waals surface area contributed by atoms with Crippen LogP contribution in [0.4, 0.5) is 19.7 Å². The number of nitrogens with zero attached hydrogens (tertiary/aromatic N) is 5. The van der Waals surface area contributed by atoms with Crippen molar-refractivity contribution < 1.29 is 57.0 Å². The van der Waals surface area contributed by atoms with Gasteiger partial charge < -0.3 is 34.8 Å². The van der Waals surface area contributed by atoms with Crippen molar-refractivity contribution >= 4 is 59.2 Å². The molecule has 78 heavy (non-hydrogen) atoms. The number of carbonyl (C=O) groups excluding carboxylic acids is 9. The van der Waals surface area contributed by atoms with E-state index < -0.39 is 47.0 Å². The molecule has 6 fully saturated rings. The van der Waals surface area contributed by atoms with Crippen LogP contribution in [-0.2, 0) is 23.9 Å². The van der Waals surface area contributed by atoms with E-state index in [1.54, 1.807) is 12.1 Å². The Hall–Kier alpha value is -6.44. The van der Waals surface area contributed by atoms with Gasteiger partial charge in [0.1, 0.15) is 23.1 Å². The van der Waals surface area contributed by atoms with Crippen LogP contribution >= 0.6 is 0 Å². The molecular weight excluding hydrogens is 1000 g/mol. The molecular formula is C58H79FN8O11. The molecule has 19 nitrogen and oxygen atoms in total. The monoisotopic (exact) mass is 1080 g/mol. The lowest BCUT2D eigenvalue weighted by atomic mass is 9.82. The molecule has 0 saturated carbocycles. The van der Waals surface area contributed by atoms with E-state index in [0.717, 1.165) is 124 Å². The van der Waals surface area contributed by atoms with Gasteiger partial charge in [0.05, 0.1) is 28.3 Å². The lowest BCUT2D eigenvalue weighted by Gasteiger charge is -2.38. The zero-order valence-electron chi connectivity index (χ0n) is 46.3. The van der Waals surface area contributed by atoms with Crippen LogP contribution in [0.5, 0.6) is 0 Å². The number of likely N-dealkylation sites (tertiary alicyclic amines) is 2. The number of halogens is 1. The number of fused-ring (bicyclic) bond motifs is 2. The summed E-state index contributed by atoms with van der Waals surface area (Å²) in [6, 6.07) is 7.60. The number of piperidine rings is 6. The molecule has 9 amide bonds. The number of anilines is 1. The molecule has 3 N–H and O–H groups in total. The van der Waals surface area contributed by atoms with E-state index in [1.807, 2.05) is 57.4 Å². The predicted octanol–water partition coefficient (Wildman–Crippen LogP) is 7.06. The Morgan fingerprint density at radius 2 is 1.01 bits per heavy atom. The van der Waals surface area contributed by atoms with Crippen molar-refractivity contribution in [2.45, 2.75) is 155 Å². The zero-order chi connectivity index (χ0) is 56.1. The number of hydrogen-bond acceptors (Lipinski definition) is 13. The van der Waals surface area contributed by atoms with Gasteiger partial charge in [-0.15, -0.1) is 0 Å². The highest BCUT2D eigenvalue weighted by Gasteiger charge is 2.45. The Morgan fingerprint density at radius 3 is 1.53 bits per heavy atom. The van der Waals surface area contributed by atoms with Crippen LogP contribution in [-0.4, -0.2) is 155 Å². The fourth-order valence-electron chi connectivity index (χ4n) is 12.0. The van der Waals surface area contributed by atoms with Gasteiger partial charge in [-0.1, -0.05) is 0 Å². The van der Waals surface area contributed by atoms with Crippen molar-refractivity contribution in [1.29, 1.82) is 0 Å². The van der Waals surface area contributed by atoms with Crippen LogP contribution in [0.3, 0.4) is 0 Å². The number of hydrogen-bond donors (Lipinski definition) is 3. The fourth-order valence-corrected chi connectivity index (χ4v) is 12.0. The summed E-state index contributed by atoms with van der Waals surface area (Å²) in [6.45, 7) is 19.0. The van der Waals surface area contributed by atoms with Crippen LogP contribution in [0.15, 0.2) is 36.4 Å². The number of rotatable bonds is 7. The standard InChI is InChI=1S/C29H38N4O6.C16H30N2O2.C13H11FN2O3/c1-29(2,3)39-28(38)32-14-10-19(11-15-32)16-18-8-12-31(13-9-18)20-4-5-21-22(17-20)27(37)33(26(21)36)23-6-7-24(34)30-25(23)35;1-16(2,3)20-15(19)18-10-6-14(7-11-18)12-13-4-8-17-9-5-13;14-7-1-3-9-10(5-7)13(19)16(12(9)18)8-2-4-11(17)15-6-8/h4-5,17-19,23H,6-16H2,1-3H3,(H,30,34,35);13-14,17H,4-12H2,1-3H3;1,3,5,8H,2,4,6H2,(H,15,17). The number of benzene rings is 2. The summed E-state index contributed by atoms with van der Waals surface area (Å²) in [4.78, 5) is 118. The quantitative estimate of drug-likeness (QED) is 0.237. The fraction of sp³-hybridized carbons (Fsp3) is 0.638. The molecule has 2 aromatic carbocycles. The van der Waals surface area contributed by atoms with Gasteiger partial charge in [-0.3, -0.25) is 48.7 Å². The minimum absolute atomic E-state index is 0.0843. The molecule has 0 bridgehead atoms. The van der Waals surface area contributed by atoms with Gasteiger partial charge in [-0.05, 0) is 192 Å². The number of nitrogens with one attached hydrogen (secondary N) is 3. The van der Waals surface area contributed by atoms with Gasteiger partial charge in [0, 0.05) is 64.3 Å². The molecule has 8 aliphatic heterocycles. The maximum absolute atomic E-state index is 13.2. The first-order chi connectivity index (χ1) is 37.0. The number of ether oxygens (including phenoxy) is 2. The maximum atomic E-state index is 13.2. The lowest BCUT2D eigenvalue weighted by Crippen LogP contribution is -2.54. The largest absolute Gasteiger partial charge is 0.444 e. The molecule has 0 spiro atoms. The van der Waals surface area contributed by atoms with E-state index in [1.165, 1.54) is 38.4 Å². The second-order valence-corrected chi connectivity index (χ2v) is 24.3. The van der Waals surface area contributed by atoms with Gasteiger partial charge >= 0.3 is 12.2 Å². The molecule has 2 aromatic rings. The lowest BCUT2D eigenvalue weighted by molar-refractivity contribution is -0.136. The third kappa shape index (κ3) is 14.4. The van der Waals surface area contributed by atoms with Crippen molar-refractivity contribution in [1.82, 2.24) is 35.6 Å². The van der Waals surface area contributed by atoms with Gasteiger partial charge in [0.15, 0.2) is 0 Å². The van der Waals surface area contributed by atoms with Gasteiger partial charge in [0.25, 0.3) is 23.6 Å². The first kappa shape index (κ1) is 57.7. The van der Waals surface area contributed by atoms with Gasteiger partial charge in [0.2, 0.25) is 17.7 Å². The molecule has 8 heterocycles. The molecule has 424 valence electrons. The highest BCUT2D eigenvalue weighted by Crippen LogP contribution is 2.36. The van der Waals surface area contributed by atoms with E-state index in [2.05, 4.69) is 20.9 Å². The molecule has 2 unspecified atom stereocenters. The first-order valence-corrected chi connectivity index (χ1v) is 28.2. The van der Waals surface area contributed by atoms with E-state index in [9.17, 15) is 47.5 Å². The SMILES string of the molecule is CC(C)(C)OC(=O)N1CCC(CC2CCN(c3ccc4c(c3)C(=O)N(C3CCC(=O)NC3=O)C4=O)CC2)CC1.CC(C)(C)OC(=O)N1CCC(CC2CCNCC2)CC1.O=C1CCC(N2C(=O)c3ccc(F)cc3C2=O)CN1. The Morgan fingerprint density at radius 1 is 0.551 bits per heavy atom. The molecule has 6 saturated heterocycles. The number of carbonyl (C=O) groups is 9. The van der Waals surface area contributed by atoms with Crippen LogP contribution in [0.1, 0.15) is 173 Å². The third-order valence-corrected chi connectivity index (χ3v) is 16.2. The second-order valence-electron chi connectivity index (χ2n) is 24.3. The summed E-state index contributed by atoms with van der Waals surface area (Å²) in [5.74, 6) is -0.526. The minimum Gasteiger partial charge on any atom is -0.444 e. The molecule has 0 radical (unpaired) electrons. The smallest absolute Gasteiger partial charge is 0.410 e. The van der Waals surface area contributed by atoms with Gasteiger partial charge in [-0.25, -0.2) is 14.0 Å². The van der Waals surface area contributed by atoms with E-state index in [4.69, 9.17) is 9.47 Å². The zero-order valence-corrected chi connectivity index (χ0v) is 46.3. The number of amides is 9. The van der Waals surface area contributed by atoms with E-state index in [-0.39, 0.29) is 72.6 Å². The van der Waals surface area contributed by atoms with E-state index >= 15 is 0 Å². The van der Waals surface area contributed by atoms with Crippen molar-refractivity contribution in [3.63, 3.8) is 0 Å². The summed E-state index contributed by atoms with van der Waals surface area (Å²) in [6.07, 6.45) is 12.2. The van der Waals surface area contributed by atoms with Crippen LogP contribution < -0.4 is 20.9 Å². The summed E-state index contributed by atoms with van der Waals surface area (Å²) < 4.78 is 24.1. The molecule has 0 aromatic heterocycles. The van der Waals surface area contributed by atoms with Crippen molar-refractivity contribution in [3.05, 3.63) is 64.5 Å². The van der Waals surface area contributed by atoms with Crippen LogP contribution in [0, 0.1) is 29.5 Å². The second kappa shape index (κ2) is 24.7. The Kier molecular flexibility index (Phi) is 18.3. The molecule has 8 aliphatic rings. The van der Waals surface area contributed by atoms with Crippen molar-refractivity contribution in [2.75, 3.05) is 63.8 Å². The van der Waals surface area contributed by atoms with Crippen molar-refractivity contribution in [3.8, 4) is 0 Å². The molecule has 10 rings (SSSR count). The molecule has 2 atom stereocenters. The normalized spacial score (nSPS) is 23.0. The summed E-state index contributed by atoms with van der Waals surface area (Å²) in [7, 11) is 0. The average Bonchev–Trinajstić information content (AvgIpc) is 3.82. The first-order valence-electron chi connectivity index (χ1n) is 28.2. The maximum Gasteiger partial charge on any atom is 0.410 e. The van der Waals surface area contributed by atoms with Gasteiger partial charge in [-0.2, -0.15) is 0 Å². The Balaban J connectivity index is 0.000000172. The minimum atomic E-state index is -0.953. The topological polar surface area (TPSA) is 224 Å². The Labute approximate surface area is 457 Å². The summed E-state index contributed by atoms with van der Waals surface area (Å²) in [5.41, 5.74) is 0.996. The van der Waals surface area contributed by atoms with Crippen LogP contribution in [0.2, 0.25) is 0 Å².